The van der Waals surface area contributed by atoms with Gasteiger partial charge in [0, 0.05) is 31.1 Å². The van der Waals surface area contributed by atoms with Crippen LogP contribution in [0.3, 0.4) is 0 Å². The molecule has 3 nitrogen and oxygen atoms in total. The second-order valence-corrected chi connectivity index (χ2v) is 4.53. The summed E-state index contributed by atoms with van der Waals surface area (Å²) in [6.45, 7) is 3.85. The number of hydrogen-bond donors (Lipinski definition) is 1. The van der Waals surface area contributed by atoms with Crippen molar-refractivity contribution in [1.82, 2.24) is 5.32 Å². The van der Waals surface area contributed by atoms with Crippen molar-refractivity contribution >= 4 is 5.91 Å². The van der Waals surface area contributed by atoms with E-state index < -0.39 is 0 Å². The summed E-state index contributed by atoms with van der Waals surface area (Å²) < 4.78 is 5.47. The lowest BCUT2D eigenvalue weighted by atomic mass is 9.73. The topological polar surface area (TPSA) is 38.3 Å². The molecule has 2 rings (SSSR count). The number of carbonyl (C=O) groups is 1. The van der Waals surface area contributed by atoms with Gasteiger partial charge < -0.3 is 10.1 Å². The first-order chi connectivity index (χ1) is 6.77. The first-order valence-corrected chi connectivity index (χ1v) is 5.64. The molecular weight excluding hydrogens is 178 g/mol. The highest BCUT2D eigenvalue weighted by Crippen LogP contribution is 2.42. The van der Waals surface area contributed by atoms with E-state index in [1.807, 2.05) is 0 Å². The quantitative estimate of drug-likeness (QED) is 0.691. The summed E-state index contributed by atoms with van der Waals surface area (Å²) in [5.41, 5.74) is 0.211. The van der Waals surface area contributed by atoms with E-state index in [0.29, 0.717) is 6.04 Å². The molecule has 2 heterocycles. The van der Waals surface area contributed by atoms with Gasteiger partial charge in [0.2, 0.25) is 5.91 Å². The lowest BCUT2D eigenvalue weighted by Gasteiger charge is -2.31. The predicted molar refractivity (Wildman–Crippen MR) is 53.9 cm³/mol. The zero-order valence-corrected chi connectivity index (χ0v) is 8.84. The minimum absolute atomic E-state index is 0.211. The molecule has 0 saturated carbocycles. The van der Waals surface area contributed by atoms with Gasteiger partial charge in [-0.2, -0.15) is 0 Å². The van der Waals surface area contributed by atoms with Crippen LogP contribution < -0.4 is 5.32 Å². The smallest absolute Gasteiger partial charge is 0.220 e. The van der Waals surface area contributed by atoms with Crippen LogP contribution in [0.1, 0.15) is 39.0 Å². The van der Waals surface area contributed by atoms with Crippen molar-refractivity contribution in [3.8, 4) is 0 Å². The molecular formula is C11H19NO2. The maximum Gasteiger partial charge on any atom is 0.220 e. The molecule has 1 amide bonds. The first-order valence-electron chi connectivity index (χ1n) is 5.64. The molecule has 1 spiro atoms. The van der Waals surface area contributed by atoms with Gasteiger partial charge in [0.05, 0.1) is 0 Å². The van der Waals surface area contributed by atoms with Crippen LogP contribution >= 0.6 is 0 Å². The average Bonchev–Trinajstić information content (AvgIpc) is 2.37. The van der Waals surface area contributed by atoms with Crippen LogP contribution in [-0.4, -0.2) is 25.2 Å². The molecule has 0 aliphatic carbocycles. The first kappa shape index (κ1) is 9.97. The molecule has 2 fully saturated rings. The highest BCUT2D eigenvalue weighted by Gasteiger charge is 2.45. The predicted octanol–water partition coefficient (Wildman–Crippen LogP) is 1.47. The van der Waals surface area contributed by atoms with Crippen molar-refractivity contribution in [3.63, 3.8) is 0 Å². The number of amides is 1. The summed E-state index contributed by atoms with van der Waals surface area (Å²) >= 11 is 0. The molecule has 0 bridgehead atoms. The summed E-state index contributed by atoms with van der Waals surface area (Å²) in [5, 5.41) is 3.10. The van der Waals surface area contributed by atoms with E-state index in [0.717, 1.165) is 45.3 Å². The van der Waals surface area contributed by atoms with E-state index >= 15 is 0 Å². The number of hydrogen-bond acceptors (Lipinski definition) is 2. The minimum atomic E-state index is 0.211. The molecule has 2 atom stereocenters. The molecule has 14 heavy (non-hydrogen) atoms. The Hall–Kier alpha value is -0.570. The monoisotopic (exact) mass is 197 g/mol. The van der Waals surface area contributed by atoms with Gasteiger partial charge in [-0.25, -0.2) is 0 Å². The fourth-order valence-electron chi connectivity index (χ4n) is 2.93. The normalized spacial score (nSPS) is 38.4. The number of rotatable bonds is 1. The highest BCUT2D eigenvalue weighted by atomic mass is 16.5. The van der Waals surface area contributed by atoms with Crippen LogP contribution in [-0.2, 0) is 9.53 Å². The molecule has 2 aliphatic rings. The van der Waals surface area contributed by atoms with E-state index in [4.69, 9.17) is 4.74 Å². The summed E-state index contributed by atoms with van der Waals surface area (Å²) in [6, 6.07) is 0.386. The average molecular weight is 197 g/mol. The molecule has 0 radical (unpaired) electrons. The van der Waals surface area contributed by atoms with Crippen molar-refractivity contribution in [2.75, 3.05) is 13.2 Å². The molecule has 2 aliphatic heterocycles. The van der Waals surface area contributed by atoms with Crippen LogP contribution in [0.25, 0.3) is 0 Å². The van der Waals surface area contributed by atoms with Gasteiger partial charge >= 0.3 is 0 Å². The lowest BCUT2D eigenvalue weighted by molar-refractivity contribution is -0.119. The number of carbonyl (C=O) groups excluding carboxylic acids is 1. The van der Waals surface area contributed by atoms with Crippen LogP contribution in [0, 0.1) is 5.41 Å². The van der Waals surface area contributed by atoms with E-state index in [-0.39, 0.29) is 11.3 Å². The third kappa shape index (κ3) is 1.65. The summed E-state index contributed by atoms with van der Waals surface area (Å²) in [7, 11) is 0. The summed E-state index contributed by atoms with van der Waals surface area (Å²) in [4.78, 5) is 11.4. The zero-order chi connectivity index (χ0) is 10.0. The van der Waals surface area contributed by atoms with Crippen molar-refractivity contribution < 1.29 is 9.53 Å². The highest BCUT2D eigenvalue weighted by molar-refractivity contribution is 5.80. The molecule has 0 aromatic heterocycles. The number of ether oxygens (including phenoxy) is 1. The molecule has 0 aromatic rings. The van der Waals surface area contributed by atoms with Gasteiger partial charge in [-0.05, 0) is 25.7 Å². The molecule has 1 N–H and O–H groups in total. The fourth-order valence-corrected chi connectivity index (χ4v) is 2.93. The van der Waals surface area contributed by atoms with Gasteiger partial charge in [-0.1, -0.05) is 6.92 Å². The summed E-state index contributed by atoms with van der Waals surface area (Å²) in [5.74, 6) is 0.235. The molecule has 80 valence electrons. The van der Waals surface area contributed by atoms with Crippen LogP contribution in [0.4, 0.5) is 0 Å². The van der Waals surface area contributed by atoms with Crippen molar-refractivity contribution in [2.24, 2.45) is 5.41 Å². The van der Waals surface area contributed by atoms with Gasteiger partial charge in [0.25, 0.3) is 0 Å². The Kier molecular flexibility index (Phi) is 2.77. The SMILES string of the molecule is CCC1NC(=O)CC12CCCOCC2. The van der Waals surface area contributed by atoms with Crippen molar-refractivity contribution in [3.05, 3.63) is 0 Å². The third-order valence-electron chi connectivity index (χ3n) is 3.70. The number of nitrogens with one attached hydrogen (secondary N) is 1. The Morgan fingerprint density at radius 3 is 3.14 bits per heavy atom. The Bertz CT molecular complexity index is 219. The van der Waals surface area contributed by atoms with Gasteiger partial charge in [-0.15, -0.1) is 0 Å². The maximum atomic E-state index is 11.4. The molecule has 3 heteroatoms. The second kappa shape index (κ2) is 3.89. The van der Waals surface area contributed by atoms with E-state index in [2.05, 4.69) is 12.2 Å². The molecule has 2 saturated heterocycles. The maximum absolute atomic E-state index is 11.4. The second-order valence-electron chi connectivity index (χ2n) is 4.53. The molecule has 0 aromatic carbocycles. The third-order valence-corrected chi connectivity index (χ3v) is 3.70. The largest absolute Gasteiger partial charge is 0.381 e. The van der Waals surface area contributed by atoms with E-state index in [9.17, 15) is 4.79 Å². The minimum Gasteiger partial charge on any atom is -0.381 e. The van der Waals surface area contributed by atoms with Crippen molar-refractivity contribution in [2.45, 2.75) is 45.1 Å². The Balaban J connectivity index is 2.14. The fraction of sp³-hybridized carbons (Fsp3) is 0.909. The summed E-state index contributed by atoms with van der Waals surface area (Å²) in [6.07, 6.45) is 5.06. The zero-order valence-electron chi connectivity index (χ0n) is 8.84. The van der Waals surface area contributed by atoms with Crippen LogP contribution in [0.5, 0.6) is 0 Å². The lowest BCUT2D eigenvalue weighted by Crippen LogP contribution is -2.36. The Morgan fingerprint density at radius 2 is 2.36 bits per heavy atom. The molecule has 2 unspecified atom stereocenters. The van der Waals surface area contributed by atoms with E-state index in [1.165, 1.54) is 0 Å². The Labute approximate surface area is 85.2 Å². The van der Waals surface area contributed by atoms with Crippen LogP contribution in [0.15, 0.2) is 0 Å². The van der Waals surface area contributed by atoms with Crippen LogP contribution in [0.2, 0.25) is 0 Å². The van der Waals surface area contributed by atoms with E-state index in [1.54, 1.807) is 0 Å². The van der Waals surface area contributed by atoms with Gasteiger partial charge in [0.15, 0.2) is 0 Å². The van der Waals surface area contributed by atoms with Gasteiger partial charge in [-0.3, -0.25) is 4.79 Å². The standard InChI is InChI=1S/C11H19NO2/c1-2-9-11(8-10(13)12-9)4-3-6-14-7-5-11/h9H,2-8H2,1H3,(H,12,13). The van der Waals surface area contributed by atoms with Gasteiger partial charge in [0.1, 0.15) is 0 Å². The van der Waals surface area contributed by atoms with Crippen molar-refractivity contribution in [1.29, 1.82) is 0 Å². The Morgan fingerprint density at radius 1 is 1.50 bits per heavy atom.